The molecule has 1 aromatic heterocycles. The van der Waals surface area contributed by atoms with Gasteiger partial charge >= 0.3 is 0 Å². The lowest BCUT2D eigenvalue weighted by Gasteiger charge is -2.23. The molecule has 1 aliphatic carbocycles. The lowest BCUT2D eigenvalue weighted by molar-refractivity contribution is 0.267. The lowest BCUT2D eigenvalue weighted by atomic mass is 10.0. The number of nitrogens with one attached hydrogen (secondary N) is 1. The summed E-state index contributed by atoms with van der Waals surface area (Å²) >= 11 is 6.10. The molecule has 1 atom stereocenters. The molecule has 0 radical (unpaired) electrons. The van der Waals surface area contributed by atoms with Gasteiger partial charge in [-0.05, 0) is 31.1 Å². The second-order valence-electron chi connectivity index (χ2n) is 5.81. The normalized spacial score (nSPS) is 16.4. The molecule has 5 nitrogen and oxygen atoms in total. The molecule has 112 valence electrons. The summed E-state index contributed by atoms with van der Waals surface area (Å²) in [6.45, 7) is 4.84. The van der Waals surface area contributed by atoms with Gasteiger partial charge in [0.25, 0.3) is 5.56 Å². The quantitative estimate of drug-likeness (QED) is 0.809. The summed E-state index contributed by atoms with van der Waals surface area (Å²) in [4.78, 5) is 12.4. The van der Waals surface area contributed by atoms with Crippen molar-refractivity contribution < 1.29 is 5.11 Å². The molecule has 20 heavy (non-hydrogen) atoms. The van der Waals surface area contributed by atoms with Crippen LogP contribution in [0.2, 0.25) is 5.02 Å². The molecular formula is C14H22ClN3O2. The van der Waals surface area contributed by atoms with Crippen LogP contribution in [0.5, 0.6) is 0 Å². The van der Waals surface area contributed by atoms with Crippen molar-refractivity contribution in [2.75, 3.05) is 11.9 Å². The van der Waals surface area contributed by atoms with Crippen molar-refractivity contribution in [1.29, 1.82) is 0 Å². The molecule has 1 unspecified atom stereocenters. The Kier molecular flexibility index (Phi) is 5.05. The smallest absolute Gasteiger partial charge is 0.291 e. The standard InChI is InChI=1S/C14H22ClN3O2/c1-9(2)12(5-6-19)17-13-11(15)7-16-18(14(13)20)8-10-3-4-10/h7,9-10,12,17,19H,3-6,8H2,1-2H3. The van der Waals surface area contributed by atoms with Crippen LogP contribution in [-0.2, 0) is 6.54 Å². The van der Waals surface area contributed by atoms with E-state index >= 15 is 0 Å². The summed E-state index contributed by atoms with van der Waals surface area (Å²) in [6.07, 6.45) is 4.43. The number of anilines is 1. The highest BCUT2D eigenvalue weighted by Gasteiger charge is 2.24. The molecule has 0 aliphatic heterocycles. The SMILES string of the molecule is CC(C)C(CCO)Nc1c(Cl)cnn(CC2CC2)c1=O. The Morgan fingerprint density at radius 3 is 2.80 bits per heavy atom. The number of halogens is 1. The van der Waals surface area contributed by atoms with Crippen LogP contribution in [0.3, 0.4) is 0 Å². The first kappa shape index (κ1) is 15.3. The van der Waals surface area contributed by atoms with E-state index in [0.717, 1.165) is 0 Å². The van der Waals surface area contributed by atoms with E-state index in [1.54, 1.807) is 0 Å². The summed E-state index contributed by atoms with van der Waals surface area (Å²) in [5.41, 5.74) is 0.224. The Labute approximate surface area is 124 Å². The van der Waals surface area contributed by atoms with Crippen LogP contribution < -0.4 is 10.9 Å². The van der Waals surface area contributed by atoms with E-state index < -0.39 is 0 Å². The second kappa shape index (κ2) is 6.59. The van der Waals surface area contributed by atoms with E-state index in [1.807, 2.05) is 13.8 Å². The van der Waals surface area contributed by atoms with Crippen LogP contribution in [-0.4, -0.2) is 27.5 Å². The maximum Gasteiger partial charge on any atom is 0.291 e. The van der Waals surface area contributed by atoms with Gasteiger partial charge in [0, 0.05) is 19.2 Å². The Balaban J connectivity index is 2.22. The first-order valence-electron chi connectivity index (χ1n) is 7.16. The van der Waals surface area contributed by atoms with Crippen LogP contribution in [0.15, 0.2) is 11.0 Å². The lowest BCUT2D eigenvalue weighted by Crippen LogP contribution is -2.33. The second-order valence-corrected chi connectivity index (χ2v) is 6.21. The van der Waals surface area contributed by atoms with Crippen LogP contribution in [0.25, 0.3) is 0 Å². The van der Waals surface area contributed by atoms with Crippen molar-refractivity contribution in [3.8, 4) is 0 Å². The fourth-order valence-corrected chi connectivity index (χ4v) is 2.35. The predicted octanol–water partition coefficient (Wildman–Crippen LogP) is 2.13. The zero-order valence-electron chi connectivity index (χ0n) is 12.0. The molecule has 1 heterocycles. The van der Waals surface area contributed by atoms with Gasteiger partial charge in [0.2, 0.25) is 0 Å². The fraction of sp³-hybridized carbons (Fsp3) is 0.714. The molecule has 0 amide bonds. The number of hydrogen-bond acceptors (Lipinski definition) is 4. The van der Waals surface area contributed by atoms with Gasteiger partial charge in [0.05, 0.1) is 11.2 Å². The van der Waals surface area contributed by atoms with Gasteiger partial charge in [0.1, 0.15) is 5.69 Å². The number of hydrogen-bond donors (Lipinski definition) is 2. The average molecular weight is 300 g/mol. The molecule has 1 aliphatic rings. The predicted molar refractivity (Wildman–Crippen MR) is 80.2 cm³/mol. The molecule has 1 fully saturated rings. The maximum atomic E-state index is 12.4. The van der Waals surface area contributed by atoms with Crippen molar-refractivity contribution in [3.63, 3.8) is 0 Å². The maximum absolute atomic E-state index is 12.4. The third-order valence-corrected chi connectivity index (χ3v) is 3.99. The van der Waals surface area contributed by atoms with Crippen LogP contribution in [0.4, 0.5) is 5.69 Å². The van der Waals surface area contributed by atoms with Crippen LogP contribution in [0, 0.1) is 11.8 Å². The average Bonchev–Trinajstić information content (AvgIpc) is 3.20. The van der Waals surface area contributed by atoms with Crippen molar-refractivity contribution in [2.24, 2.45) is 11.8 Å². The highest BCUT2D eigenvalue weighted by molar-refractivity contribution is 6.33. The highest BCUT2D eigenvalue weighted by Crippen LogP contribution is 2.30. The minimum Gasteiger partial charge on any atom is -0.396 e. The van der Waals surface area contributed by atoms with E-state index in [4.69, 9.17) is 16.7 Å². The highest BCUT2D eigenvalue weighted by atomic mass is 35.5. The van der Waals surface area contributed by atoms with E-state index in [1.165, 1.54) is 23.7 Å². The summed E-state index contributed by atoms with van der Waals surface area (Å²) < 4.78 is 1.49. The van der Waals surface area contributed by atoms with Crippen LogP contribution >= 0.6 is 11.6 Å². The van der Waals surface area contributed by atoms with E-state index in [0.29, 0.717) is 35.5 Å². The van der Waals surface area contributed by atoms with Crippen molar-refractivity contribution in [1.82, 2.24) is 9.78 Å². The molecule has 2 rings (SSSR count). The minimum atomic E-state index is -0.173. The largest absolute Gasteiger partial charge is 0.396 e. The van der Waals surface area contributed by atoms with E-state index in [-0.39, 0.29) is 18.2 Å². The zero-order chi connectivity index (χ0) is 14.7. The van der Waals surface area contributed by atoms with Gasteiger partial charge in [-0.3, -0.25) is 4.79 Å². The van der Waals surface area contributed by atoms with Gasteiger partial charge in [-0.2, -0.15) is 5.10 Å². The first-order valence-corrected chi connectivity index (χ1v) is 7.53. The Morgan fingerprint density at radius 1 is 1.55 bits per heavy atom. The van der Waals surface area contributed by atoms with Gasteiger partial charge < -0.3 is 10.4 Å². The van der Waals surface area contributed by atoms with E-state index in [2.05, 4.69) is 10.4 Å². The number of aliphatic hydroxyl groups is 1. The zero-order valence-corrected chi connectivity index (χ0v) is 12.7. The topological polar surface area (TPSA) is 67.2 Å². The number of aromatic nitrogens is 2. The molecule has 0 spiro atoms. The van der Waals surface area contributed by atoms with Crippen LogP contribution in [0.1, 0.15) is 33.1 Å². The molecule has 1 aromatic rings. The Morgan fingerprint density at radius 2 is 2.25 bits per heavy atom. The molecule has 2 N–H and O–H groups in total. The molecule has 1 saturated carbocycles. The molecule has 0 aromatic carbocycles. The monoisotopic (exact) mass is 299 g/mol. The summed E-state index contributed by atoms with van der Waals surface area (Å²) in [5, 5.41) is 16.7. The minimum absolute atomic E-state index is 0.0157. The third-order valence-electron chi connectivity index (χ3n) is 3.70. The van der Waals surface area contributed by atoms with Crippen molar-refractivity contribution >= 4 is 17.3 Å². The molecular weight excluding hydrogens is 278 g/mol. The van der Waals surface area contributed by atoms with Crippen molar-refractivity contribution in [2.45, 2.75) is 45.7 Å². The van der Waals surface area contributed by atoms with Crippen molar-refractivity contribution in [3.05, 3.63) is 21.6 Å². The Bertz CT molecular complexity index is 512. The van der Waals surface area contributed by atoms with E-state index in [9.17, 15) is 4.79 Å². The summed E-state index contributed by atoms with van der Waals surface area (Å²) in [7, 11) is 0. The summed E-state index contributed by atoms with van der Waals surface area (Å²) in [5.74, 6) is 0.871. The van der Waals surface area contributed by atoms with Gasteiger partial charge in [-0.1, -0.05) is 25.4 Å². The number of aliphatic hydroxyl groups excluding tert-OH is 1. The molecule has 6 heteroatoms. The van der Waals surface area contributed by atoms with Gasteiger partial charge in [-0.25, -0.2) is 4.68 Å². The fourth-order valence-electron chi connectivity index (χ4n) is 2.17. The molecule has 0 saturated heterocycles. The first-order chi connectivity index (χ1) is 9.52. The molecule has 0 bridgehead atoms. The van der Waals surface area contributed by atoms with Gasteiger partial charge in [0.15, 0.2) is 0 Å². The van der Waals surface area contributed by atoms with Gasteiger partial charge in [-0.15, -0.1) is 0 Å². The number of rotatable bonds is 7. The third kappa shape index (κ3) is 3.73. The Hall–Kier alpha value is -1.07. The number of nitrogens with zero attached hydrogens (tertiary/aromatic N) is 2. The summed E-state index contributed by atoms with van der Waals surface area (Å²) in [6, 6.07) is 0.0157.